The highest BCUT2D eigenvalue weighted by molar-refractivity contribution is 7.13. The third kappa shape index (κ3) is 3.97. The smallest absolute Gasteiger partial charge is 0.240 e. The topological polar surface area (TPSA) is 74.7 Å². The van der Waals surface area contributed by atoms with Gasteiger partial charge in [0.1, 0.15) is 0 Å². The minimum Gasteiger partial charge on any atom is -0.394 e. The fraction of sp³-hybridized carbons (Fsp3) is 0.667. The number of aromatic nitrogens is 1. The number of anilines is 1. The van der Waals surface area contributed by atoms with Crippen LogP contribution < -0.4 is 5.32 Å². The minimum absolute atomic E-state index is 0.0173. The van der Waals surface area contributed by atoms with Gasteiger partial charge in [0.2, 0.25) is 5.91 Å². The first kappa shape index (κ1) is 14.4. The molecule has 1 aromatic heterocycles. The van der Waals surface area contributed by atoms with E-state index in [2.05, 4.69) is 10.3 Å². The van der Waals surface area contributed by atoms with Crippen LogP contribution in [0.5, 0.6) is 0 Å². The van der Waals surface area contributed by atoms with Gasteiger partial charge in [0, 0.05) is 18.0 Å². The number of rotatable bonds is 4. The maximum atomic E-state index is 11.9. The summed E-state index contributed by atoms with van der Waals surface area (Å²) in [5.74, 6) is -0.0835. The summed E-state index contributed by atoms with van der Waals surface area (Å²) in [5.41, 5.74) is 0.903. The Morgan fingerprint density at radius 2 is 2.53 bits per heavy atom. The largest absolute Gasteiger partial charge is 0.394 e. The Morgan fingerprint density at radius 1 is 1.74 bits per heavy atom. The van der Waals surface area contributed by atoms with E-state index in [1.807, 2.05) is 24.1 Å². The molecule has 1 amide bonds. The SMILES string of the molecule is Cc1csc(NC(=O)CN2CC(CO)OCC2C)n1. The van der Waals surface area contributed by atoms with Crippen LogP contribution in [-0.2, 0) is 9.53 Å². The summed E-state index contributed by atoms with van der Waals surface area (Å²) in [6.45, 7) is 5.28. The van der Waals surface area contributed by atoms with Gasteiger partial charge in [-0.3, -0.25) is 9.69 Å². The maximum absolute atomic E-state index is 11.9. The van der Waals surface area contributed by atoms with Crippen molar-refractivity contribution in [1.29, 1.82) is 0 Å². The molecule has 0 aliphatic carbocycles. The molecular formula is C12H19N3O3S. The van der Waals surface area contributed by atoms with E-state index < -0.39 is 0 Å². The summed E-state index contributed by atoms with van der Waals surface area (Å²) < 4.78 is 5.44. The van der Waals surface area contributed by atoms with E-state index in [1.165, 1.54) is 11.3 Å². The number of aliphatic hydroxyl groups is 1. The zero-order chi connectivity index (χ0) is 13.8. The lowest BCUT2D eigenvalue weighted by atomic mass is 10.2. The molecule has 0 spiro atoms. The number of hydrogen-bond acceptors (Lipinski definition) is 6. The number of thiazole rings is 1. The van der Waals surface area contributed by atoms with Crippen LogP contribution in [0.4, 0.5) is 5.13 Å². The fourth-order valence-electron chi connectivity index (χ4n) is 1.96. The molecule has 0 saturated carbocycles. The molecule has 1 aliphatic rings. The van der Waals surface area contributed by atoms with E-state index in [4.69, 9.17) is 9.84 Å². The number of ether oxygens (including phenoxy) is 1. The van der Waals surface area contributed by atoms with E-state index in [0.29, 0.717) is 24.8 Å². The number of carbonyl (C=O) groups is 1. The predicted octanol–water partition coefficient (Wildman–Crippen LogP) is 0.472. The van der Waals surface area contributed by atoms with Crippen molar-refractivity contribution >= 4 is 22.4 Å². The Kier molecular flexibility index (Phi) is 4.87. The fourth-order valence-corrected chi connectivity index (χ4v) is 2.66. The molecule has 0 bridgehead atoms. The highest BCUT2D eigenvalue weighted by Crippen LogP contribution is 2.15. The average molecular weight is 285 g/mol. The Bertz CT molecular complexity index is 438. The summed E-state index contributed by atoms with van der Waals surface area (Å²) in [6, 6.07) is 0.173. The normalized spacial score (nSPS) is 24.4. The first-order chi connectivity index (χ1) is 9.08. The molecular weight excluding hydrogens is 266 g/mol. The highest BCUT2D eigenvalue weighted by Gasteiger charge is 2.27. The molecule has 1 aromatic rings. The van der Waals surface area contributed by atoms with E-state index >= 15 is 0 Å². The van der Waals surface area contributed by atoms with Gasteiger partial charge in [-0.15, -0.1) is 11.3 Å². The Balaban J connectivity index is 1.86. The minimum atomic E-state index is -0.203. The van der Waals surface area contributed by atoms with Gasteiger partial charge in [-0.25, -0.2) is 4.98 Å². The quantitative estimate of drug-likeness (QED) is 0.841. The molecule has 2 heterocycles. The van der Waals surface area contributed by atoms with Crippen molar-refractivity contribution in [2.24, 2.45) is 0 Å². The Morgan fingerprint density at radius 3 is 3.16 bits per heavy atom. The van der Waals surface area contributed by atoms with Crippen LogP contribution in [0.3, 0.4) is 0 Å². The van der Waals surface area contributed by atoms with Gasteiger partial charge in [0.15, 0.2) is 5.13 Å². The van der Waals surface area contributed by atoms with Gasteiger partial charge in [-0.2, -0.15) is 0 Å². The van der Waals surface area contributed by atoms with Crippen LogP contribution >= 0.6 is 11.3 Å². The molecule has 0 aromatic carbocycles. The molecule has 6 nitrogen and oxygen atoms in total. The van der Waals surface area contributed by atoms with Crippen LogP contribution in [0.2, 0.25) is 0 Å². The van der Waals surface area contributed by atoms with Gasteiger partial charge < -0.3 is 15.2 Å². The summed E-state index contributed by atoms with van der Waals surface area (Å²) in [4.78, 5) is 18.2. The number of morpholine rings is 1. The van der Waals surface area contributed by atoms with E-state index in [1.54, 1.807) is 0 Å². The van der Waals surface area contributed by atoms with Gasteiger partial charge >= 0.3 is 0 Å². The van der Waals surface area contributed by atoms with Gasteiger partial charge in [-0.05, 0) is 13.8 Å². The van der Waals surface area contributed by atoms with Crippen molar-refractivity contribution in [3.63, 3.8) is 0 Å². The lowest BCUT2D eigenvalue weighted by Gasteiger charge is -2.36. The number of nitrogens with one attached hydrogen (secondary N) is 1. The average Bonchev–Trinajstić information content (AvgIpc) is 2.77. The second-order valence-corrected chi connectivity index (χ2v) is 5.62. The van der Waals surface area contributed by atoms with Crippen molar-refractivity contribution in [3.05, 3.63) is 11.1 Å². The third-order valence-electron chi connectivity index (χ3n) is 3.05. The lowest BCUT2D eigenvalue weighted by Crippen LogP contribution is -2.51. The van der Waals surface area contributed by atoms with Gasteiger partial charge in [-0.1, -0.05) is 0 Å². The van der Waals surface area contributed by atoms with Crippen LogP contribution in [0.15, 0.2) is 5.38 Å². The van der Waals surface area contributed by atoms with Crippen molar-refractivity contribution in [2.45, 2.75) is 26.0 Å². The number of aliphatic hydroxyl groups excluding tert-OH is 1. The second-order valence-electron chi connectivity index (χ2n) is 4.76. The summed E-state index contributed by atoms with van der Waals surface area (Å²) in [5, 5.41) is 14.4. The molecule has 19 heavy (non-hydrogen) atoms. The molecule has 2 N–H and O–H groups in total. The monoisotopic (exact) mass is 285 g/mol. The third-order valence-corrected chi connectivity index (χ3v) is 3.93. The first-order valence-electron chi connectivity index (χ1n) is 6.27. The van der Waals surface area contributed by atoms with Crippen molar-refractivity contribution in [3.8, 4) is 0 Å². The number of aryl methyl sites for hydroxylation is 1. The van der Waals surface area contributed by atoms with Crippen molar-refractivity contribution < 1.29 is 14.6 Å². The number of carbonyl (C=O) groups excluding carboxylic acids is 1. The number of amides is 1. The maximum Gasteiger partial charge on any atom is 0.240 e. The van der Waals surface area contributed by atoms with Crippen LogP contribution in [0.1, 0.15) is 12.6 Å². The van der Waals surface area contributed by atoms with Crippen molar-refractivity contribution in [2.75, 3.05) is 31.6 Å². The van der Waals surface area contributed by atoms with Crippen LogP contribution in [-0.4, -0.2) is 59.3 Å². The molecule has 1 fully saturated rings. The lowest BCUT2D eigenvalue weighted by molar-refractivity contribution is -0.122. The molecule has 2 unspecified atom stereocenters. The zero-order valence-corrected chi connectivity index (χ0v) is 11.9. The summed E-state index contributed by atoms with van der Waals surface area (Å²) in [6.07, 6.45) is -0.203. The molecule has 2 rings (SSSR count). The van der Waals surface area contributed by atoms with E-state index in [-0.39, 0.29) is 24.7 Å². The van der Waals surface area contributed by atoms with Crippen LogP contribution in [0.25, 0.3) is 0 Å². The highest BCUT2D eigenvalue weighted by atomic mass is 32.1. The summed E-state index contributed by atoms with van der Waals surface area (Å²) in [7, 11) is 0. The van der Waals surface area contributed by atoms with E-state index in [9.17, 15) is 4.79 Å². The molecule has 1 aliphatic heterocycles. The Labute approximate surface area is 116 Å². The zero-order valence-electron chi connectivity index (χ0n) is 11.1. The second kappa shape index (κ2) is 6.42. The van der Waals surface area contributed by atoms with Gasteiger partial charge in [0.25, 0.3) is 0 Å². The predicted molar refractivity (Wildman–Crippen MR) is 73.3 cm³/mol. The Hall–Kier alpha value is -1.02. The molecule has 106 valence electrons. The van der Waals surface area contributed by atoms with Crippen molar-refractivity contribution in [1.82, 2.24) is 9.88 Å². The van der Waals surface area contributed by atoms with Crippen LogP contribution in [0, 0.1) is 6.92 Å². The standard InChI is InChI=1S/C12H19N3O3S/c1-8-7-19-12(13-8)14-11(17)4-15-3-10(5-16)18-6-9(15)2/h7,9-10,16H,3-6H2,1-2H3,(H,13,14,17). The van der Waals surface area contributed by atoms with Gasteiger partial charge in [0.05, 0.1) is 31.6 Å². The summed E-state index contributed by atoms with van der Waals surface area (Å²) >= 11 is 1.42. The van der Waals surface area contributed by atoms with E-state index in [0.717, 1.165) is 5.69 Å². The molecule has 0 radical (unpaired) electrons. The first-order valence-corrected chi connectivity index (χ1v) is 7.15. The number of nitrogens with zero attached hydrogens (tertiary/aromatic N) is 2. The molecule has 2 atom stereocenters. The molecule has 7 heteroatoms. The molecule has 1 saturated heterocycles. The number of hydrogen-bond donors (Lipinski definition) is 2.